The summed E-state index contributed by atoms with van der Waals surface area (Å²) in [6, 6.07) is 12.9. The summed E-state index contributed by atoms with van der Waals surface area (Å²) in [5.41, 5.74) is 2.48. The van der Waals surface area contributed by atoms with Gasteiger partial charge in [0.05, 0.1) is 14.2 Å². The van der Waals surface area contributed by atoms with E-state index < -0.39 is 0 Å². The number of nitrogens with one attached hydrogen (secondary N) is 1. The van der Waals surface area contributed by atoms with Gasteiger partial charge in [-0.15, -0.1) is 10.2 Å². The second kappa shape index (κ2) is 9.35. The molecule has 1 atom stereocenters. The zero-order valence-electron chi connectivity index (χ0n) is 18.1. The van der Waals surface area contributed by atoms with Crippen LogP contribution in [0.3, 0.4) is 0 Å². The third-order valence-electron chi connectivity index (χ3n) is 5.41. The number of aromatic nitrogens is 2. The molecule has 0 aliphatic carbocycles. The van der Waals surface area contributed by atoms with Gasteiger partial charge in [0.1, 0.15) is 16.5 Å². The molecule has 9 heteroatoms. The summed E-state index contributed by atoms with van der Waals surface area (Å²) in [6.45, 7) is 2.62. The summed E-state index contributed by atoms with van der Waals surface area (Å²) in [5.74, 6) is 0.701. The van der Waals surface area contributed by atoms with Crippen LogP contribution in [0.4, 0.5) is 10.8 Å². The largest absolute Gasteiger partial charge is 0.497 e. The standard InChI is InChI=1S/C23H24N4O4S/c1-4-14-7-5-6-8-19(14)27-13-16(11-20(27)28)22-25-26-23(32-22)24-21(29)15-9-17(30-2)12-18(10-15)31-3/h5-10,12,16H,4,11,13H2,1-3H3,(H,24,26,29)/t16-/m0/s1. The van der Waals surface area contributed by atoms with E-state index in [0.717, 1.165) is 22.7 Å². The van der Waals surface area contributed by atoms with Crippen LogP contribution in [0.5, 0.6) is 11.5 Å². The van der Waals surface area contributed by atoms with Crippen LogP contribution in [0, 0.1) is 0 Å². The number of benzene rings is 2. The molecule has 2 heterocycles. The third kappa shape index (κ3) is 4.43. The lowest BCUT2D eigenvalue weighted by molar-refractivity contribution is -0.117. The van der Waals surface area contributed by atoms with Crippen LogP contribution in [0.1, 0.15) is 40.2 Å². The molecule has 0 unspecified atom stereocenters. The van der Waals surface area contributed by atoms with Crippen LogP contribution in [0.25, 0.3) is 0 Å². The van der Waals surface area contributed by atoms with E-state index in [1.807, 2.05) is 29.2 Å². The number of nitrogens with zero attached hydrogens (tertiary/aromatic N) is 3. The van der Waals surface area contributed by atoms with Crippen LogP contribution in [-0.2, 0) is 11.2 Å². The fraction of sp³-hybridized carbons (Fsp3) is 0.304. The van der Waals surface area contributed by atoms with E-state index in [0.29, 0.717) is 35.2 Å². The number of methoxy groups -OCH3 is 2. The fourth-order valence-electron chi connectivity index (χ4n) is 3.74. The minimum absolute atomic E-state index is 0.0625. The molecule has 1 aliphatic heterocycles. The molecule has 4 rings (SSSR count). The predicted octanol–water partition coefficient (Wildman–Crippen LogP) is 3.89. The summed E-state index contributed by atoms with van der Waals surface area (Å²) in [7, 11) is 3.05. The molecule has 2 amide bonds. The first-order valence-corrected chi connectivity index (χ1v) is 11.1. The fourth-order valence-corrected chi connectivity index (χ4v) is 4.57. The Kier molecular flexibility index (Phi) is 6.36. The molecule has 1 aromatic heterocycles. The zero-order valence-corrected chi connectivity index (χ0v) is 18.9. The van der Waals surface area contributed by atoms with Crippen molar-refractivity contribution in [3.63, 3.8) is 0 Å². The van der Waals surface area contributed by atoms with Gasteiger partial charge in [0.15, 0.2) is 0 Å². The van der Waals surface area contributed by atoms with Crippen molar-refractivity contribution in [3.8, 4) is 11.5 Å². The van der Waals surface area contributed by atoms with Gasteiger partial charge < -0.3 is 14.4 Å². The Labute approximate surface area is 190 Å². The Balaban J connectivity index is 1.47. The zero-order chi connectivity index (χ0) is 22.7. The first-order chi connectivity index (χ1) is 15.5. The number of rotatable bonds is 7. The van der Waals surface area contributed by atoms with E-state index in [4.69, 9.17) is 9.47 Å². The smallest absolute Gasteiger partial charge is 0.257 e. The van der Waals surface area contributed by atoms with E-state index in [1.54, 1.807) is 18.2 Å². The van der Waals surface area contributed by atoms with E-state index in [-0.39, 0.29) is 17.7 Å². The first kappa shape index (κ1) is 21.8. The Hall–Kier alpha value is -3.46. The van der Waals surface area contributed by atoms with E-state index >= 15 is 0 Å². The molecule has 0 bridgehead atoms. The van der Waals surface area contributed by atoms with Crippen LogP contribution in [0.15, 0.2) is 42.5 Å². The quantitative estimate of drug-likeness (QED) is 0.585. The lowest BCUT2D eigenvalue weighted by Gasteiger charge is -2.19. The van der Waals surface area contributed by atoms with Crippen molar-refractivity contribution < 1.29 is 19.1 Å². The number of hydrogen-bond acceptors (Lipinski definition) is 7. The number of carbonyl (C=O) groups is 2. The van der Waals surface area contributed by atoms with Crippen molar-refractivity contribution in [2.24, 2.45) is 0 Å². The highest BCUT2D eigenvalue weighted by molar-refractivity contribution is 7.15. The Morgan fingerprint density at radius 1 is 1.16 bits per heavy atom. The molecule has 8 nitrogen and oxygen atoms in total. The summed E-state index contributed by atoms with van der Waals surface area (Å²) in [4.78, 5) is 27.2. The molecule has 0 spiro atoms. The summed E-state index contributed by atoms with van der Waals surface area (Å²) in [6.07, 6.45) is 1.22. The highest BCUT2D eigenvalue weighted by atomic mass is 32.1. The maximum Gasteiger partial charge on any atom is 0.257 e. The molecule has 32 heavy (non-hydrogen) atoms. The van der Waals surface area contributed by atoms with Gasteiger partial charge in [0, 0.05) is 36.2 Å². The minimum atomic E-state index is -0.342. The third-order valence-corrected chi connectivity index (χ3v) is 6.41. The molecule has 0 radical (unpaired) electrons. The monoisotopic (exact) mass is 452 g/mol. The van der Waals surface area contributed by atoms with Gasteiger partial charge in [-0.05, 0) is 30.2 Å². The van der Waals surface area contributed by atoms with Gasteiger partial charge in [-0.25, -0.2) is 0 Å². The number of amides is 2. The van der Waals surface area contributed by atoms with Crippen LogP contribution in [-0.4, -0.2) is 42.8 Å². The number of anilines is 2. The van der Waals surface area contributed by atoms with Gasteiger partial charge >= 0.3 is 0 Å². The van der Waals surface area contributed by atoms with Crippen molar-refractivity contribution >= 4 is 34.0 Å². The highest BCUT2D eigenvalue weighted by Crippen LogP contribution is 2.35. The second-order valence-electron chi connectivity index (χ2n) is 7.39. The van der Waals surface area contributed by atoms with Crippen molar-refractivity contribution in [1.82, 2.24) is 10.2 Å². The van der Waals surface area contributed by atoms with E-state index in [1.165, 1.54) is 25.6 Å². The summed E-state index contributed by atoms with van der Waals surface area (Å²) in [5, 5.41) is 12.2. The second-order valence-corrected chi connectivity index (χ2v) is 8.40. The summed E-state index contributed by atoms with van der Waals surface area (Å²) >= 11 is 1.29. The Morgan fingerprint density at radius 2 is 1.88 bits per heavy atom. The maximum atomic E-state index is 12.7. The average molecular weight is 453 g/mol. The lowest BCUT2D eigenvalue weighted by atomic mass is 10.1. The van der Waals surface area contributed by atoms with Crippen LogP contribution in [0.2, 0.25) is 0 Å². The molecule has 1 saturated heterocycles. The highest BCUT2D eigenvalue weighted by Gasteiger charge is 2.34. The van der Waals surface area contributed by atoms with Crippen molar-refractivity contribution in [3.05, 3.63) is 58.6 Å². The lowest BCUT2D eigenvalue weighted by Crippen LogP contribution is -2.25. The van der Waals surface area contributed by atoms with Gasteiger partial charge in [0.2, 0.25) is 11.0 Å². The van der Waals surface area contributed by atoms with Crippen molar-refractivity contribution in [1.29, 1.82) is 0 Å². The molecule has 1 N–H and O–H groups in total. The average Bonchev–Trinajstić information content (AvgIpc) is 3.44. The molecular formula is C23H24N4O4S. The molecular weight excluding hydrogens is 428 g/mol. The SMILES string of the molecule is CCc1ccccc1N1C[C@@H](c2nnc(NC(=O)c3cc(OC)cc(OC)c3)s2)CC1=O. The minimum Gasteiger partial charge on any atom is -0.497 e. The normalized spacial score (nSPS) is 15.7. The van der Waals surface area contributed by atoms with Gasteiger partial charge in [-0.2, -0.15) is 0 Å². The number of ether oxygens (including phenoxy) is 2. The van der Waals surface area contributed by atoms with Crippen molar-refractivity contribution in [2.45, 2.75) is 25.7 Å². The number of hydrogen-bond donors (Lipinski definition) is 1. The van der Waals surface area contributed by atoms with Gasteiger partial charge in [-0.3, -0.25) is 14.9 Å². The van der Waals surface area contributed by atoms with Gasteiger partial charge in [-0.1, -0.05) is 36.5 Å². The first-order valence-electron chi connectivity index (χ1n) is 10.3. The predicted molar refractivity (Wildman–Crippen MR) is 123 cm³/mol. The molecule has 2 aromatic carbocycles. The number of para-hydroxylation sites is 1. The maximum absolute atomic E-state index is 12.7. The number of aryl methyl sites for hydroxylation is 1. The van der Waals surface area contributed by atoms with E-state index in [9.17, 15) is 9.59 Å². The van der Waals surface area contributed by atoms with Crippen LogP contribution >= 0.6 is 11.3 Å². The molecule has 3 aromatic rings. The van der Waals surface area contributed by atoms with Gasteiger partial charge in [0.25, 0.3) is 5.91 Å². The van der Waals surface area contributed by atoms with Crippen LogP contribution < -0.4 is 19.7 Å². The molecule has 166 valence electrons. The Bertz CT molecular complexity index is 1120. The number of carbonyl (C=O) groups excluding carboxylic acids is 2. The van der Waals surface area contributed by atoms with Crippen molar-refractivity contribution in [2.75, 3.05) is 31.0 Å². The Morgan fingerprint density at radius 3 is 2.56 bits per heavy atom. The summed E-state index contributed by atoms with van der Waals surface area (Å²) < 4.78 is 10.4. The topological polar surface area (TPSA) is 93.7 Å². The molecule has 1 aliphatic rings. The molecule has 0 saturated carbocycles. The van der Waals surface area contributed by atoms with E-state index in [2.05, 4.69) is 22.4 Å². The molecule has 1 fully saturated rings.